The molecule has 0 N–H and O–H groups in total. The molecule has 2 heterocycles. The zero-order chi connectivity index (χ0) is 27.7. The molecule has 198 valence electrons. The summed E-state index contributed by atoms with van der Waals surface area (Å²) < 4.78 is 18.7. The Kier molecular flexibility index (Phi) is 7.74. The van der Waals surface area contributed by atoms with Crippen LogP contribution in [0.15, 0.2) is 79.4 Å². The van der Waals surface area contributed by atoms with Crippen molar-refractivity contribution < 1.29 is 18.7 Å². The lowest BCUT2D eigenvalue weighted by atomic mass is 10.2. The Hall–Kier alpha value is -3.66. The summed E-state index contributed by atoms with van der Waals surface area (Å²) in [7, 11) is 0. The predicted octanol–water partition coefficient (Wildman–Crippen LogP) is 7.09. The minimum absolute atomic E-state index is 0.134. The zero-order valence-corrected chi connectivity index (χ0v) is 23.7. The van der Waals surface area contributed by atoms with Gasteiger partial charge in [0.1, 0.15) is 5.58 Å². The van der Waals surface area contributed by atoms with Crippen molar-refractivity contribution in [2.24, 2.45) is 5.10 Å². The summed E-state index contributed by atoms with van der Waals surface area (Å²) in [6.07, 6.45) is 0.519. The largest absolute Gasteiger partial charge is 0.476 e. The van der Waals surface area contributed by atoms with E-state index in [1.807, 2.05) is 18.2 Å². The first-order valence-electron chi connectivity index (χ1n) is 11.8. The molecule has 0 aliphatic rings. The number of rotatable bonds is 7. The van der Waals surface area contributed by atoms with E-state index in [0.717, 1.165) is 9.86 Å². The number of para-hydroxylation sites is 1. The number of hydrogen-bond acceptors (Lipinski definition) is 7. The molecule has 0 amide bonds. The third-order valence-corrected chi connectivity index (χ3v) is 6.76. The summed E-state index contributed by atoms with van der Waals surface area (Å²) in [6, 6.07) is 17.5. The highest BCUT2D eigenvalue weighted by molar-refractivity contribution is 9.10. The fourth-order valence-electron chi connectivity index (χ4n) is 3.89. The standard InChI is InChI=1S/C28H20BrCl2N3O5/c1-3-37-28(36)15(2)38-25-20(30)10-16(11-21(25)31)14-32-34-26(33-22-7-5-4-6-19(22)27(34)35)24-13-17-12-18(29)8-9-23(17)39-24/h4-15H,3H2,1-2H3/t15-/m0/s1. The number of carbonyl (C=O) groups excluding carboxylic acids is 1. The van der Waals surface area contributed by atoms with Gasteiger partial charge in [-0.1, -0.05) is 51.3 Å². The fraction of sp³-hybridized carbons (Fsp3) is 0.143. The van der Waals surface area contributed by atoms with Gasteiger partial charge < -0.3 is 13.9 Å². The molecule has 3 aromatic carbocycles. The van der Waals surface area contributed by atoms with E-state index in [9.17, 15) is 9.59 Å². The highest BCUT2D eigenvalue weighted by Gasteiger charge is 2.20. The number of hydrogen-bond donors (Lipinski definition) is 0. The van der Waals surface area contributed by atoms with Crippen LogP contribution in [0.3, 0.4) is 0 Å². The number of carbonyl (C=O) groups is 1. The van der Waals surface area contributed by atoms with Gasteiger partial charge in [0.15, 0.2) is 17.6 Å². The van der Waals surface area contributed by atoms with Crippen LogP contribution in [-0.4, -0.2) is 34.6 Å². The van der Waals surface area contributed by atoms with Gasteiger partial charge in [-0.3, -0.25) is 4.79 Å². The second kappa shape index (κ2) is 11.2. The molecular weight excluding hydrogens is 609 g/mol. The topological polar surface area (TPSA) is 95.9 Å². The summed E-state index contributed by atoms with van der Waals surface area (Å²) in [6.45, 7) is 3.46. The number of halogens is 3. The van der Waals surface area contributed by atoms with Crippen molar-refractivity contribution in [3.8, 4) is 17.3 Å². The first-order chi connectivity index (χ1) is 18.7. The summed E-state index contributed by atoms with van der Waals surface area (Å²) in [5.74, 6) is 0.192. The molecule has 0 radical (unpaired) electrons. The number of benzene rings is 3. The van der Waals surface area contributed by atoms with Gasteiger partial charge in [-0.15, -0.1) is 0 Å². The average molecular weight is 629 g/mol. The van der Waals surface area contributed by atoms with E-state index < -0.39 is 12.1 Å². The summed E-state index contributed by atoms with van der Waals surface area (Å²) >= 11 is 16.3. The molecule has 0 saturated carbocycles. The third-order valence-electron chi connectivity index (χ3n) is 5.71. The van der Waals surface area contributed by atoms with E-state index in [1.165, 1.54) is 17.8 Å². The van der Waals surface area contributed by atoms with Crippen LogP contribution in [0.4, 0.5) is 0 Å². The number of furan rings is 1. The van der Waals surface area contributed by atoms with Gasteiger partial charge in [-0.05, 0) is 67.9 Å². The lowest BCUT2D eigenvalue weighted by molar-refractivity contribution is -0.150. The van der Waals surface area contributed by atoms with Gasteiger partial charge in [0.25, 0.3) is 5.56 Å². The van der Waals surface area contributed by atoms with Crippen molar-refractivity contribution in [2.75, 3.05) is 6.61 Å². The van der Waals surface area contributed by atoms with Gasteiger partial charge >= 0.3 is 5.97 Å². The van der Waals surface area contributed by atoms with E-state index in [1.54, 1.807) is 49.4 Å². The zero-order valence-electron chi connectivity index (χ0n) is 20.7. The summed E-state index contributed by atoms with van der Waals surface area (Å²) in [4.78, 5) is 30.1. The van der Waals surface area contributed by atoms with Crippen LogP contribution in [0.5, 0.6) is 5.75 Å². The maximum Gasteiger partial charge on any atom is 0.347 e. The van der Waals surface area contributed by atoms with Gasteiger partial charge in [-0.25, -0.2) is 9.78 Å². The van der Waals surface area contributed by atoms with Crippen LogP contribution in [-0.2, 0) is 9.53 Å². The monoisotopic (exact) mass is 627 g/mol. The molecule has 5 aromatic rings. The molecule has 0 unspecified atom stereocenters. The van der Waals surface area contributed by atoms with Crippen LogP contribution in [0, 0.1) is 0 Å². The molecule has 39 heavy (non-hydrogen) atoms. The Morgan fingerprint density at radius 2 is 1.90 bits per heavy atom. The Bertz CT molecular complexity index is 1790. The second-order valence-corrected chi connectivity index (χ2v) is 10.2. The average Bonchev–Trinajstić information content (AvgIpc) is 3.33. The van der Waals surface area contributed by atoms with Crippen LogP contribution in [0.25, 0.3) is 33.5 Å². The van der Waals surface area contributed by atoms with Crippen LogP contribution >= 0.6 is 39.1 Å². The second-order valence-electron chi connectivity index (χ2n) is 8.43. The van der Waals surface area contributed by atoms with Gasteiger partial charge in [0.05, 0.1) is 33.8 Å². The van der Waals surface area contributed by atoms with E-state index in [-0.39, 0.29) is 33.8 Å². The smallest absolute Gasteiger partial charge is 0.347 e. The Balaban J connectivity index is 1.56. The van der Waals surface area contributed by atoms with Gasteiger partial charge in [-0.2, -0.15) is 9.78 Å². The Morgan fingerprint density at radius 3 is 2.64 bits per heavy atom. The number of nitrogens with zero attached hydrogens (tertiary/aromatic N) is 3. The SMILES string of the molecule is CCOC(=O)[C@H](C)Oc1c(Cl)cc(C=Nn2c(-c3cc4cc(Br)ccc4o3)nc3ccccc3c2=O)cc1Cl. The predicted molar refractivity (Wildman–Crippen MR) is 155 cm³/mol. The third kappa shape index (κ3) is 5.56. The molecule has 0 fully saturated rings. The van der Waals surface area contributed by atoms with Crippen LogP contribution in [0.2, 0.25) is 10.0 Å². The van der Waals surface area contributed by atoms with E-state index in [4.69, 9.17) is 37.1 Å². The maximum atomic E-state index is 13.5. The summed E-state index contributed by atoms with van der Waals surface area (Å²) in [5, 5.41) is 5.98. The highest BCUT2D eigenvalue weighted by Crippen LogP contribution is 2.35. The lowest BCUT2D eigenvalue weighted by Crippen LogP contribution is -2.26. The van der Waals surface area contributed by atoms with Crippen molar-refractivity contribution >= 4 is 73.2 Å². The minimum atomic E-state index is -0.909. The quantitative estimate of drug-likeness (QED) is 0.141. The van der Waals surface area contributed by atoms with Crippen LogP contribution in [0.1, 0.15) is 19.4 Å². The minimum Gasteiger partial charge on any atom is -0.476 e. The first kappa shape index (κ1) is 26.9. The van der Waals surface area contributed by atoms with Crippen molar-refractivity contribution in [1.82, 2.24) is 9.66 Å². The van der Waals surface area contributed by atoms with E-state index in [0.29, 0.717) is 27.8 Å². The Labute approximate surface area is 240 Å². The molecule has 0 saturated heterocycles. The van der Waals surface area contributed by atoms with Gasteiger partial charge in [0, 0.05) is 9.86 Å². The molecular formula is C28H20BrCl2N3O5. The molecule has 0 bridgehead atoms. The fourth-order valence-corrected chi connectivity index (χ4v) is 4.86. The van der Waals surface area contributed by atoms with Crippen LogP contribution < -0.4 is 10.3 Å². The van der Waals surface area contributed by atoms with Crippen molar-refractivity contribution in [1.29, 1.82) is 0 Å². The highest BCUT2D eigenvalue weighted by atomic mass is 79.9. The molecule has 0 aliphatic carbocycles. The van der Waals surface area contributed by atoms with Gasteiger partial charge in [0.2, 0.25) is 5.82 Å². The molecule has 0 spiro atoms. The maximum absolute atomic E-state index is 13.5. The van der Waals surface area contributed by atoms with Crippen molar-refractivity contribution in [2.45, 2.75) is 20.0 Å². The number of aromatic nitrogens is 2. The van der Waals surface area contributed by atoms with Crippen molar-refractivity contribution in [3.63, 3.8) is 0 Å². The molecule has 2 aromatic heterocycles. The number of fused-ring (bicyclic) bond motifs is 2. The normalized spacial score (nSPS) is 12.3. The van der Waals surface area contributed by atoms with E-state index >= 15 is 0 Å². The first-order valence-corrected chi connectivity index (χ1v) is 13.4. The molecule has 11 heteroatoms. The lowest BCUT2D eigenvalue weighted by Gasteiger charge is -2.16. The molecule has 8 nitrogen and oxygen atoms in total. The Morgan fingerprint density at radius 1 is 1.15 bits per heavy atom. The molecule has 5 rings (SSSR count). The molecule has 1 atom stereocenters. The molecule has 0 aliphatic heterocycles. The summed E-state index contributed by atoms with van der Waals surface area (Å²) in [5.41, 5.74) is 1.25. The number of ether oxygens (including phenoxy) is 2. The number of esters is 1. The van der Waals surface area contributed by atoms with E-state index in [2.05, 4.69) is 26.0 Å². The van der Waals surface area contributed by atoms with Crippen molar-refractivity contribution in [3.05, 3.63) is 91.1 Å².